The summed E-state index contributed by atoms with van der Waals surface area (Å²) in [4.78, 5) is 19.2. The number of rotatable bonds is 1. The molecule has 7 heteroatoms. The molecule has 0 saturated heterocycles. The van der Waals surface area contributed by atoms with E-state index in [1.165, 1.54) is 24.8 Å². The zero-order valence-electron chi connectivity index (χ0n) is 10.2. The molecular weight excluding hydrogens is 289 g/mol. The molecule has 1 aliphatic rings. The van der Waals surface area contributed by atoms with E-state index in [-0.39, 0.29) is 0 Å². The lowest BCUT2D eigenvalue weighted by atomic mass is 9.80. The second kappa shape index (κ2) is 7.21. The Morgan fingerprint density at radius 3 is 1.79 bits per heavy atom. The van der Waals surface area contributed by atoms with Crippen LogP contribution in [0.1, 0.15) is 30.7 Å². The Balaban J connectivity index is 0.000000224. The summed E-state index contributed by atoms with van der Waals surface area (Å²) in [5, 5.41) is 3.09. The van der Waals surface area contributed by atoms with E-state index in [0.717, 1.165) is 10.0 Å². The molecule has 1 aromatic carbocycles. The summed E-state index contributed by atoms with van der Waals surface area (Å²) in [6.07, 6.45) is 3.92. The van der Waals surface area contributed by atoms with E-state index >= 15 is 0 Å². The Morgan fingerprint density at radius 2 is 1.53 bits per heavy atom. The van der Waals surface area contributed by atoms with Gasteiger partial charge in [-0.25, -0.2) is 9.59 Å². The second-order valence-electron chi connectivity index (χ2n) is 4.18. The minimum atomic E-state index is -0.938. The molecule has 1 aromatic rings. The van der Waals surface area contributed by atoms with Crippen LogP contribution in [0.5, 0.6) is 0 Å². The van der Waals surface area contributed by atoms with Crippen LogP contribution >= 0.6 is 23.2 Å². The van der Waals surface area contributed by atoms with Crippen molar-refractivity contribution in [3.05, 3.63) is 33.8 Å². The second-order valence-corrected chi connectivity index (χ2v) is 5.06. The molecule has 0 aliphatic heterocycles. The van der Waals surface area contributed by atoms with Gasteiger partial charge in [-0.3, -0.25) is 5.32 Å². The third kappa shape index (κ3) is 5.81. The van der Waals surface area contributed by atoms with Crippen molar-refractivity contribution in [2.75, 3.05) is 0 Å². The topological polar surface area (TPSA) is 98.2 Å². The maximum Gasteiger partial charge on any atom is 0.320 e. The van der Waals surface area contributed by atoms with Crippen LogP contribution in [0.2, 0.25) is 10.0 Å². The highest BCUT2D eigenvalue weighted by Crippen LogP contribution is 2.38. The standard InChI is InChI=1S/C10H10Cl2.C2H5N3O2/c11-9-4-8(5-10(12)6-9)7-2-1-3-7;3-1(6)5-2(4)7/h4-7H,1-3H2;(H5,3,4,5,6,7). The molecule has 19 heavy (non-hydrogen) atoms. The molecule has 5 N–H and O–H groups in total. The average Bonchev–Trinajstić information content (AvgIpc) is 2.10. The number of carbonyl (C=O) groups is 2. The molecule has 0 aromatic heterocycles. The molecule has 4 amide bonds. The van der Waals surface area contributed by atoms with E-state index in [0.29, 0.717) is 5.92 Å². The van der Waals surface area contributed by atoms with Gasteiger partial charge in [-0.15, -0.1) is 0 Å². The minimum absolute atomic E-state index is 0.709. The van der Waals surface area contributed by atoms with Crippen molar-refractivity contribution in [1.29, 1.82) is 0 Å². The van der Waals surface area contributed by atoms with Crippen LogP contribution in [0, 0.1) is 0 Å². The smallest absolute Gasteiger partial charge is 0.320 e. The number of halogens is 2. The zero-order valence-corrected chi connectivity index (χ0v) is 11.7. The van der Waals surface area contributed by atoms with Crippen LogP contribution in [-0.4, -0.2) is 12.1 Å². The molecule has 1 aliphatic carbocycles. The molecule has 0 bridgehead atoms. The fourth-order valence-corrected chi connectivity index (χ4v) is 2.22. The molecular formula is C12H15Cl2N3O2. The van der Waals surface area contributed by atoms with Gasteiger partial charge in [0.1, 0.15) is 0 Å². The largest absolute Gasteiger partial charge is 0.351 e. The Labute approximate surface area is 121 Å². The zero-order chi connectivity index (χ0) is 14.4. The van der Waals surface area contributed by atoms with Crippen LogP contribution in [0.4, 0.5) is 9.59 Å². The van der Waals surface area contributed by atoms with Gasteiger partial charge in [-0.1, -0.05) is 29.6 Å². The first-order valence-corrected chi connectivity index (χ1v) is 6.46. The summed E-state index contributed by atoms with van der Waals surface area (Å²) in [5.74, 6) is 0.709. The third-order valence-electron chi connectivity index (χ3n) is 2.71. The lowest BCUT2D eigenvalue weighted by molar-refractivity contribution is 0.236. The van der Waals surface area contributed by atoms with Gasteiger partial charge in [0.15, 0.2) is 0 Å². The maximum absolute atomic E-state index is 9.62. The molecule has 0 atom stereocenters. The van der Waals surface area contributed by atoms with Crippen LogP contribution in [0.25, 0.3) is 0 Å². The molecule has 2 rings (SSSR count). The monoisotopic (exact) mass is 303 g/mol. The van der Waals surface area contributed by atoms with Crippen molar-refractivity contribution < 1.29 is 9.59 Å². The Morgan fingerprint density at radius 1 is 1.05 bits per heavy atom. The number of primary amides is 2. The van der Waals surface area contributed by atoms with Crippen LogP contribution in [-0.2, 0) is 0 Å². The van der Waals surface area contributed by atoms with Crippen molar-refractivity contribution >= 4 is 35.3 Å². The molecule has 1 saturated carbocycles. The fraction of sp³-hybridized carbons (Fsp3) is 0.333. The Kier molecular flexibility index (Phi) is 5.92. The van der Waals surface area contributed by atoms with Crippen molar-refractivity contribution in [1.82, 2.24) is 5.32 Å². The number of nitrogens with one attached hydrogen (secondary N) is 1. The molecule has 0 radical (unpaired) electrons. The van der Waals surface area contributed by atoms with Gasteiger partial charge in [0.25, 0.3) is 0 Å². The predicted molar refractivity (Wildman–Crippen MR) is 75.4 cm³/mol. The van der Waals surface area contributed by atoms with Crippen molar-refractivity contribution in [3.63, 3.8) is 0 Å². The van der Waals surface area contributed by atoms with Gasteiger partial charge in [-0.05, 0) is 42.5 Å². The molecule has 5 nitrogen and oxygen atoms in total. The van der Waals surface area contributed by atoms with Gasteiger partial charge < -0.3 is 11.5 Å². The third-order valence-corrected chi connectivity index (χ3v) is 3.14. The van der Waals surface area contributed by atoms with Gasteiger partial charge in [-0.2, -0.15) is 0 Å². The van der Waals surface area contributed by atoms with E-state index in [2.05, 4.69) is 11.5 Å². The summed E-state index contributed by atoms with van der Waals surface area (Å²) in [5.41, 5.74) is 10.2. The van der Waals surface area contributed by atoms with Gasteiger partial charge in [0, 0.05) is 10.0 Å². The normalized spacial score (nSPS) is 13.8. The van der Waals surface area contributed by atoms with Crippen molar-refractivity contribution in [3.8, 4) is 0 Å². The maximum atomic E-state index is 9.62. The van der Waals surface area contributed by atoms with Gasteiger partial charge >= 0.3 is 12.1 Å². The molecule has 1 fully saturated rings. The molecule has 0 heterocycles. The fourth-order valence-electron chi connectivity index (χ4n) is 1.67. The van der Waals surface area contributed by atoms with Crippen molar-refractivity contribution in [2.24, 2.45) is 11.5 Å². The molecule has 0 unspecified atom stereocenters. The van der Waals surface area contributed by atoms with E-state index in [1.807, 2.05) is 12.1 Å². The predicted octanol–water partition coefficient (Wildman–Crippen LogP) is 2.99. The summed E-state index contributed by atoms with van der Waals surface area (Å²) < 4.78 is 0. The van der Waals surface area contributed by atoms with E-state index in [1.54, 1.807) is 11.4 Å². The highest BCUT2D eigenvalue weighted by atomic mass is 35.5. The van der Waals surface area contributed by atoms with Crippen LogP contribution in [0.15, 0.2) is 18.2 Å². The van der Waals surface area contributed by atoms with Gasteiger partial charge in [0.05, 0.1) is 0 Å². The molecule has 104 valence electrons. The summed E-state index contributed by atoms with van der Waals surface area (Å²) in [6.45, 7) is 0. The van der Waals surface area contributed by atoms with E-state index in [4.69, 9.17) is 23.2 Å². The average molecular weight is 304 g/mol. The number of amides is 4. The first-order valence-electron chi connectivity index (χ1n) is 5.70. The number of urea groups is 2. The SMILES string of the molecule is Clc1cc(Cl)cc(C2CCC2)c1.NC(=O)NC(N)=O. The number of carbonyl (C=O) groups excluding carboxylic acids is 2. The number of hydrogen-bond acceptors (Lipinski definition) is 2. The number of imide groups is 1. The lowest BCUT2D eigenvalue weighted by Gasteiger charge is -2.25. The summed E-state index contributed by atoms with van der Waals surface area (Å²) in [7, 11) is 0. The first kappa shape index (κ1) is 15.6. The minimum Gasteiger partial charge on any atom is -0.351 e. The highest BCUT2D eigenvalue weighted by Gasteiger charge is 2.19. The number of nitrogens with two attached hydrogens (primary N) is 2. The summed E-state index contributed by atoms with van der Waals surface area (Å²) >= 11 is 11.8. The van der Waals surface area contributed by atoms with E-state index in [9.17, 15) is 9.59 Å². The summed E-state index contributed by atoms with van der Waals surface area (Å²) in [6, 6.07) is 3.96. The lowest BCUT2D eigenvalue weighted by Crippen LogP contribution is -2.38. The first-order chi connectivity index (χ1) is 8.88. The Bertz CT molecular complexity index is 444. The Hall–Kier alpha value is -1.46. The quantitative estimate of drug-likeness (QED) is 0.743. The van der Waals surface area contributed by atoms with Crippen LogP contribution < -0.4 is 16.8 Å². The van der Waals surface area contributed by atoms with Gasteiger partial charge in [0.2, 0.25) is 0 Å². The number of hydrogen-bond donors (Lipinski definition) is 3. The van der Waals surface area contributed by atoms with Crippen molar-refractivity contribution in [2.45, 2.75) is 25.2 Å². The highest BCUT2D eigenvalue weighted by molar-refractivity contribution is 6.34. The number of benzene rings is 1. The van der Waals surface area contributed by atoms with Crippen LogP contribution in [0.3, 0.4) is 0 Å². The molecule has 0 spiro atoms. The van der Waals surface area contributed by atoms with E-state index < -0.39 is 12.1 Å².